The maximum Gasteiger partial charge on any atom is 0.191 e. The van der Waals surface area contributed by atoms with Gasteiger partial charge in [0.15, 0.2) is 17.5 Å². The molecule has 1 saturated carbocycles. The molecule has 30 heavy (non-hydrogen) atoms. The molecule has 1 fully saturated rings. The number of para-hydroxylation sites is 2. The van der Waals surface area contributed by atoms with Crippen LogP contribution in [-0.2, 0) is 6.54 Å². The van der Waals surface area contributed by atoms with Crippen molar-refractivity contribution in [2.45, 2.75) is 51.3 Å². The van der Waals surface area contributed by atoms with Crippen LogP contribution in [0.3, 0.4) is 0 Å². The molecule has 0 heterocycles. The minimum atomic E-state index is -0.149. The molecule has 0 unspecified atom stereocenters. The van der Waals surface area contributed by atoms with Crippen molar-refractivity contribution in [1.82, 2.24) is 10.6 Å². The van der Waals surface area contributed by atoms with E-state index in [1.54, 1.807) is 7.11 Å². The van der Waals surface area contributed by atoms with Gasteiger partial charge in [-0.2, -0.15) is 0 Å². The number of aliphatic hydroxyl groups excluding tert-OH is 1. The summed E-state index contributed by atoms with van der Waals surface area (Å²) in [5.74, 6) is 2.98. The van der Waals surface area contributed by atoms with E-state index in [1.165, 1.54) is 0 Å². The molecule has 0 radical (unpaired) electrons. The summed E-state index contributed by atoms with van der Waals surface area (Å²) in [6.07, 6.45) is 3.50. The third-order valence-corrected chi connectivity index (χ3v) is 5.02. The van der Waals surface area contributed by atoms with Gasteiger partial charge in [0, 0.05) is 12.6 Å². The average Bonchev–Trinajstić information content (AvgIpc) is 2.75. The minimum Gasteiger partial charge on any atom is -0.493 e. The molecule has 164 valence electrons. The van der Waals surface area contributed by atoms with E-state index in [0.29, 0.717) is 24.1 Å². The predicted molar refractivity (Wildman–Crippen MR) is 131 cm³/mol. The van der Waals surface area contributed by atoms with Crippen molar-refractivity contribution in [2.75, 3.05) is 13.7 Å². The zero-order chi connectivity index (χ0) is 20.5. The monoisotopic (exact) mass is 525 g/mol. The van der Waals surface area contributed by atoms with E-state index >= 15 is 0 Å². The van der Waals surface area contributed by atoms with Crippen LogP contribution in [0.25, 0.3) is 0 Å². The summed E-state index contributed by atoms with van der Waals surface area (Å²) in [4.78, 5) is 4.71. The van der Waals surface area contributed by atoms with Gasteiger partial charge in [0.25, 0.3) is 0 Å². The first kappa shape index (κ1) is 24.3. The summed E-state index contributed by atoms with van der Waals surface area (Å²) >= 11 is 0. The normalized spacial score (nSPS) is 18.8. The number of methoxy groups -OCH3 is 1. The third kappa shape index (κ3) is 7.36. The van der Waals surface area contributed by atoms with Gasteiger partial charge in [0.1, 0.15) is 5.75 Å². The average molecular weight is 525 g/mol. The molecule has 3 rings (SSSR count). The summed E-state index contributed by atoms with van der Waals surface area (Å²) < 4.78 is 11.2. The fraction of sp³-hybridized carbons (Fsp3) is 0.435. The van der Waals surface area contributed by atoms with Crippen LogP contribution in [0.2, 0.25) is 0 Å². The molecular formula is C23H32IN3O3. The van der Waals surface area contributed by atoms with Gasteiger partial charge in [0.2, 0.25) is 0 Å². The van der Waals surface area contributed by atoms with E-state index in [9.17, 15) is 5.11 Å². The van der Waals surface area contributed by atoms with Gasteiger partial charge in [-0.3, -0.25) is 0 Å². The van der Waals surface area contributed by atoms with Gasteiger partial charge in [-0.05, 0) is 62.4 Å². The number of aliphatic hydroxyl groups is 1. The van der Waals surface area contributed by atoms with Crippen molar-refractivity contribution in [3.8, 4) is 17.2 Å². The standard InChI is InChI=1S/C23H31N3O3.HI/c1-3-24-23(26-18-10-12-19(27)13-11-18)25-16-17-8-14-20(15-9-17)29-22-7-5-4-6-21(22)28-2;/h4-9,14-15,18-19,27H,3,10-13,16H2,1-2H3,(H2,24,25,26);1H. The molecule has 1 aliphatic rings. The summed E-state index contributed by atoms with van der Waals surface area (Å²) in [5.41, 5.74) is 1.11. The number of rotatable bonds is 7. The summed E-state index contributed by atoms with van der Waals surface area (Å²) in [5, 5.41) is 16.5. The van der Waals surface area contributed by atoms with Crippen LogP contribution in [0.1, 0.15) is 38.2 Å². The molecular weight excluding hydrogens is 493 g/mol. The van der Waals surface area contributed by atoms with Gasteiger partial charge in [-0.25, -0.2) is 4.99 Å². The Morgan fingerprint density at radius 1 is 1.03 bits per heavy atom. The zero-order valence-corrected chi connectivity index (χ0v) is 20.0. The zero-order valence-electron chi connectivity index (χ0n) is 17.6. The molecule has 6 nitrogen and oxygen atoms in total. The lowest BCUT2D eigenvalue weighted by atomic mass is 9.93. The highest BCUT2D eigenvalue weighted by molar-refractivity contribution is 14.0. The first-order chi connectivity index (χ1) is 14.2. The molecule has 0 saturated heterocycles. The Balaban J connectivity index is 0.00000320. The topological polar surface area (TPSA) is 75.1 Å². The lowest BCUT2D eigenvalue weighted by Crippen LogP contribution is -2.45. The second kappa shape index (κ2) is 12.6. The molecule has 0 aromatic heterocycles. The third-order valence-electron chi connectivity index (χ3n) is 5.02. The van der Waals surface area contributed by atoms with Crippen LogP contribution < -0.4 is 20.1 Å². The number of nitrogens with one attached hydrogen (secondary N) is 2. The lowest BCUT2D eigenvalue weighted by molar-refractivity contribution is 0.120. The van der Waals surface area contributed by atoms with Crippen LogP contribution in [0.4, 0.5) is 0 Å². The number of benzene rings is 2. The largest absolute Gasteiger partial charge is 0.493 e. The highest BCUT2D eigenvalue weighted by Gasteiger charge is 2.19. The second-order valence-corrected chi connectivity index (χ2v) is 7.24. The lowest BCUT2D eigenvalue weighted by Gasteiger charge is -2.27. The van der Waals surface area contributed by atoms with E-state index in [4.69, 9.17) is 14.5 Å². The van der Waals surface area contributed by atoms with Crippen molar-refractivity contribution in [3.63, 3.8) is 0 Å². The number of aliphatic imine (C=N–C) groups is 1. The quantitative estimate of drug-likeness (QED) is 0.283. The molecule has 7 heteroatoms. The van der Waals surface area contributed by atoms with Gasteiger partial charge < -0.3 is 25.2 Å². The van der Waals surface area contributed by atoms with Gasteiger partial charge in [0.05, 0.1) is 19.8 Å². The maximum atomic E-state index is 9.67. The highest BCUT2D eigenvalue weighted by atomic mass is 127. The Kier molecular flexibility index (Phi) is 10.2. The molecule has 0 atom stereocenters. The Hall–Kier alpha value is -2.00. The molecule has 0 bridgehead atoms. The van der Waals surface area contributed by atoms with E-state index in [0.717, 1.165) is 49.5 Å². The van der Waals surface area contributed by atoms with Crippen LogP contribution in [0, 0.1) is 0 Å². The van der Waals surface area contributed by atoms with Crippen molar-refractivity contribution in [2.24, 2.45) is 4.99 Å². The molecule has 1 aliphatic carbocycles. The van der Waals surface area contributed by atoms with Gasteiger partial charge in [-0.15, -0.1) is 24.0 Å². The molecule has 0 spiro atoms. The van der Waals surface area contributed by atoms with E-state index in [2.05, 4.69) is 17.6 Å². The van der Waals surface area contributed by atoms with Crippen LogP contribution >= 0.6 is 24.0 Å². The molecule has 0 amide bonds. The van der Waals surface area contributed by atoms with Crippen molar-refractivity contribution in [1.29, 1.82) is 0 Å². The summed E-state index contributed by atoms with van der Waals surface area (Å²) in [7, 11) is 1.63. The van der Waals surface area contributed by atoms with Gasteiger partial charge in [-0.1, -0.05) is 24.3 Å². The SMILES string of the molecule is CCNC(=NCc1ccc(Oc2ccccc2OC)cc1)NC1CCC(O)CC1.I. The molecule has 2 aromatic carbocycles. The number of ether oxygens (including phenoxy) is 2. The fourth-order valence-corrected chi connectivity index (χ4v) is 3.40. The number of guanidine groups is 1. The van der Waals surface area contributed by atoms with Crippen molar-refractivity contribution in [3.05, 3.63) is 54.1 Å². The van der Waals surface area contributed by atoms with Gasteiger partial charge >= 0.3 is 0 Å². The van der Waals surface area contributed by atoms with Crippen LogP contribution in [0.15, 0.2) is 53.5 Å². The summed E-state index contributed by atoms with van der Waals surface area (Å²) in [6.45, 7) is 3.46. The van der Waals surface area contributed by atoms with E-state index < -0.39 is 0 Å². The number of halogens is 1. The second-order valence-electron chi connectivity index (χ2n) is 7.24. The minimum absolute atomic E-state index is 0. The highest BCUT2D eigenvalue weighted by Crippen LogP contribution is 2.30. The Morgan fingerprint density at radius 2 is 1.70 bits per heavy atom. The Morgan fingerprint density at radius 3 is 2.33 bits per heavy atom. The van der Waals surface area contributed by atoms with E-state index in [-0.39, 0.29) is 30.1 Å². The summed E-state index contributed by atoms with van der Waals surface area (Å²) in [6, 6.07) is 15.9. The van der Waals surface area contributed by atoms with Crippen molar-refractivity contribution < 1.29 is 14.6 Å². The first-order valence-corrected chi connectivity index (χ1v) is 10.3. The number of hydrogen-bond donors (Lipinski definition) is 3. The van der Waals surface area contributed by atoms with Crippen molar-refractivity contribution >= 4 is 29.9 Å². The Bertz CT molecular complexity index is 791. The number of nitrogens with zero attached hydrogens (tertiary/aromatic N) is 1. The predicted octanol–water partition coefficient (Wildman–Crippen LogP) is 4.46. The smallest absolute Gasteiger partial charge is 0.191 e. The fourth-order valence-electron chi connectivity index (χ4n) is 3.40. The molecule has 3 N–H and O–H groups in total. The van der Waals surface area contributed by atoms with Crippen LogP contribution in [-0.4, -0.2) is 36.9 Å². The molecule has 0 aliphatic heterocycles. The maximum absolute atomic E-state index is 9.67. The van der Waals surface area contributed by atoms with Crippen LogP contribution in [0.5, 0.6) is 17.2 Å². The molecule has 2 aromatic rings. The number of hydrogen-bond acceptors (Lipinski definition) is 4. The Labute approximate surface area is 196 Å². The first-order valence-electron chi connectivity index (χ1n) is 10.3. The van der Waals surface area contributed by atoms with E-state index in [1.807, 2.05) is 48.5 Å².